The van der Waals surface area contributed by atoms with E-state index in [0.29, 0.717) is 13.2 Å². The van der Waals surface area contributed by atoms with Crippen LogP contribution in [0.4, 0.5) is 0 Å². The molecule has 19 heavy (non-hydrogen) atoms. The highest BCUT2D eigenvalue weighted by Gasteiger charge is 2.03. The highest BCUT2D eigenvalue weighted by atomic mass is 16.5. The number of hydrogen-bond acceptors (Lipinski definition) is 3. The zero-order valence-electron chi connectivity index (χ0n) is 11.5. The van der Waals surface area contributed by atoms with Crippen LogP contribution in [0.1, 0.15) is 13.3 Å². The summed E-state index contributed by atoms with van der Waals surface area (Å²) in [4.78, 5) is 0. The standard InChI is InChI=1S/C15H20N2O2/c1-3-7-17-12-14(11-16-17)13-5-4-6-15(10-13)19-9-8-18-2/h4-6,10-12H,3,7-9H2,1-2H3. The number of aryl methyl sites for hydroxylation is 1. The maximum absolute atomic E-state index is 5.61. The number of hydrogen-bond donors (Lipinski definition) is 0. The zero-order valence-corrected chi connectivity index (χ0v) is 11.5. The lowest BCUT2D eigenvalue weighted by Gasteiger charge is -2.06. The molecule has 0 saturated heterocycles. The molecule has 4 nitrogen and oxygen atoms in total. The number of aromatic nitrogens is 2. The van der Waals surface area contributed by atoms with E-state index in [1.54, 1.807) is 7.11 Å². The Balaban J connectivity index is 2.08. The zero-order chi connectivity index (χ0) is 13.5. The van der Waals surface area contributed by atoms with Gasteiger partial charge in [-0.05, 0) is 24.1 Å². The molecule has 0 atom stereocenters. The number of methoxy groups -OCH3 is 1. The minimum atomic E-state index is 0.565. The van der Waals surface area contributed by atoms with E-state index < -0.39 is 0 Å². The van der Waals surface area contributed by atoms with Crippen molar-refractivity contribution in [2.75, 3.05) is 20.3 Å². The van der Waals surface area contributed by atoms with Gasteiger partial charge in [0.05, 0.1) is 12.8 Å². The molecule has 0 amide bonds. The first-order chi connectivity index (χ1) is 9.33. The van der Waals surface area contributed by atoms with Crippen molar-refractivity contribution in [1.29, 1.82) is 0 Å². The molecule has 0 aliphatic carbocycles. The second-order valence-electron chi connectivity index (χ2n) is 4.36. The van der Waals surface area contributed by atoms with Crippen molar-refractivity contribution >= 4 is 0 Å². The summed E-state index contributed by atoms with van der Waals surface area (Å²) < 4.78 is 12.5. The fourth-order valence-corrected chi connectivity index (χ4v) is 1.87. The van der Waals surface area contributed by atoms with E-state index >= 15 is 0 Å². The predicted octanol–water partition coefficient (Wildman–Crippen LogP) is 2.99. The first kappa shape index (κ1) is 13.6. The quantitative estimate of drug-likeness (QED) is 0.718. The Hall–Kier alpha value is -1.81. The smallest absolute Gasteiger partial charge is 0.120 e. The molecule has 1 heterocycles. The molecule has 102 valence electrons. The third-order valence-corrected chi connectivity index (χ3v) is 2.81. The largest absolute Gasteiger partial charge is 0.491 e. The number of ether oxygens (including phenoxy) is 2. The Kier molecular flexibility index (Phi) is 4.98. The Morgan fingerprint density at radius 1 is 1.21 bits per heavy atom. The second kappa shape index (κ2) is 6.95. The van der Waals surface area contributed by atoms with Crippen LogP contribution in [0.5, 0.6) is 5.75 Å². The summed E-state index contributed by atoms with van der Waals surface area (Å²) in [7, 11) is 1.67. The maximum Gasteiger partial charge on any atom is 0.120 e. The Morgan fingerprint density at radius 3 is 2.89 bits per heavy atom. The van der Waals surface area contributed by atoms with Crippen LogP contribution in [-0.2, 0) is 11.3 Å². The molecule has 2 aromatic rings. The first-order valence-electron chi connectivity index (χ1n) is 6.58. The van der Waals surface area contributed by atoms with E-state index in [-0.39, 0.29) is 0 Å². The van der Waals surface area contributed by atoms with E-state index in [2.05, 4.69) is 24.3 Å². The molecule has 0 aliphatic rings. The molecule has 0 saturated carbocycles. The van der Waals surface area contributed by atoms with Crippen molar-refractivity contribution in [2.24, 2.45) is 0 Å². The molecule has 0 spiro atoms. The van der Waals surface area contributed by atoms with Crippen LogP contribution in [0, 0.1) is 0 Å². The average Bonchev–Trinajstić information content (AvgIpc) is 2.89. The van der Waals surface area contributed by atoms with Crippen LogP contribution in [0.15, 0.2) is 36.7 Å². The molecule has 0 radical (unpaired) electrons. The topological polar surface area (TPSA) is 36.3 Å². The van der Waals surface area contributed by atoms with Crippen molar-refractivity contribution < 1.29 is 9.47 Å². The van der Waals surface area contributed by atoms with Gasteiger partial charge in [0.1, 0.15) is 12.4 Å². The molecule has 2 rings (SSSR count). The summed E-state index contributed by atoms with van der Waals surface area (Å²) in [5, 5.41) is 4.34. The third-order valence-electron chi connectivity index (χ3n) is 2.81. The van der Waals surface area contributed by atoms with Crippen molar-refractivity contribution in [3.63, 3.8) is 0 Å². The molecule has 0 bridgehead atoms. The monoisotopic (exact) mass is 260 g/mol. The molecule has 0 aliphatic heterocycles. The van der Waals surface area contributed by atoms with Gasteiger partial charge in [-0.2, -0.15) is 5.10 Å². The van der Waals surface area contributed by atoms with E-state index in [1.165, 1.54) is 0 Å². The van der Waals surface area contributed by atoms with Gasteiger partial charge < -0.3 is 9.47 Å². The Bertz CT molecular complexity index is 508. The van der Waals surface area contributed by atoms with Crippen LogP contribution in [-0.4, -0.2) is 30.1 Å². The summed E-state index contributed by atoms with van der Waals surface area (Å²) >= 11 is 0. The first-order valence-corrected chi connectivity index (χ1v) is 6.58. The number of nitrogens with zero attached hydrogens (tertiary/aromatic N) is 2. The molecule has 1 aromatic heterocycles. The highest BCUT2D eigenvalue weighted by molar-refractivity contribution is 5.63. The summed E-state index contributed by atoms with van der Waals surface area (Å²) in [6, 6.07) is 8.05. The van der Waals surface area contributed by atoms with E-state index in [9.17, 15) is 0 Å². The predicted molar refractivity (Wildman–Crippen MR) is 75.3 cm³/mol. The SMILES string of the molecule is CCCn1cc(-c2cccc(OCCOC)c2)cn1. The Morgan fingerprint density at radius 2 is 2.11 bits per heavy atom. The Labute approximate surface area is 114 Å². The molecule has 0 N–H and O–H groups in total. The fourth-order valence-electron chi connectivity index (χ4n) is 1.87. The lowest BCUT2D eigenvalue weighted by molar-refractivity contribution is 0.146. The van der Waals surface area contributed by atoms with Crippen LogP contribution < -0.4 is 4.74 Å². The van der Waals surface area contributed by atoms with E-state index in [0.717, 1.165) is 29.8 Å². The minimum absolute atomic E-state index is 0.565. The van der Waals surface area contributed by atoms with Gasteiger partial charge in [0.15, 0.2) is 0 Å². The van der Waals surface area contributed by atoms with Gasteiger partial charge in [0, 0.05) is 25.4 Å². The average molecular weight is 260 g/mol. The van der Waals surface area contributed by atoms with Crippen LogP contribution in [0.25, 0.3) is 11.1 Å². The lowest BCUT2D eigenvalue weighted by Crippen LogP contribution is -2.04. The summed E-state index contributed by atoms with van der Waals surface area (Å²) in [6.07, 6.45) is 5.04. The van der Waals surface area contributed by atoms with Crippen LogP contribution >= 0.6 is 0 Å². The van der Waals surface area contributed by atoms with Gasteiger partial charge in [0.2, 0.25) is 0 Å². The van der Waals surface area contributed by atoms with Gasteiger partial charge in [0.25, 0.3) is 0 Å². The molecular weight excluding hydrogens is 240 g/mol. The minimum Gasteiger partial charge on any atom is -0.491 e. The molecular formula is C15H20N2O2. The van der Waals surface area contributed by atoms with Gasteiger partial charge in [-0.25, -0.2) is 0 Å². The number of rotatable bonds is 7. The van der Waals surface area contributed by atoms with Crippen LogP contribution in [0.3, 0.4) is 0 Å². The molecule has 0 unspecified atom stereocenters. The highest BCUT2D eigenvalue weighted by Crippen LogP contribution is 2.23. The maximum atomic E-state index is 5.61. The van der Waals surface area contributed by atoms with Crippen molar-refractivity contribution in [1.82, 2.24) is 9.78 Å². The molecule has 1 aromatic carbocycles. The summed E-state index contributed by atoms with van der Waals surface area (Å²) in [6.45, 7) is 4.25. The van der Waals surface area contributed by atoms with Crippen LogP contribution in [0.2, 0.25) is 0 Å². The normalized spacial score (nSPS) is 10.6. The van der Waals surface area contributed by atoms with Gasteiger partial charge >= 0.3 is 0 Å². The van der Waals surface area contributed by atoms with Crippen molar-refractivity contribution in [3.8, 4) is 16.9 Å². The van der Waals surface area contributed by atoms with Crippen molar-refractivity contribution in [3.05, 3.63) is 36.7 Å². The third kappa shape index (κ3) is 3.83. The fraction of sp³-hybridized carbons (Fsp3) is 0.400. The summed E-state index contributed by atoms with van der Waals surface area (Å²) in [5.74, 6) is 0.859. The van der Waals surface area contributed by atoms with Gasteiger partial charge in [-0.1, -0.05) is 19.1 Å². The lowest BCUT2D eigenvalue weighted by atomic mass is 10.1. The van der Waals surface area contributed by atoms with E-state index in [1.807, 2.05) is 29.1 Å². The molecule has 4 heteroatoms. The second-order valence-corrected chi connectivity index (χ2v) is 4.36. The van der Waals surface area contributed by atoms with Gasteiger partial charge in [-0.3, -0.25) is 4.68 Å². The summed E-state index contributed by atoms with van der Waals surface area (Å²) in [5.41, 5.74) is 2.24. The van der Waals surface area contributed by atoms with Crippen molar-refractivity contribution in [2.45, 2.75) is 19.9 Å². The van der Waals surface area contributed by atoms with Gasteiger partial charge in [-0.15, -0.1) is 0 Å². The van der Waals surface area contributed by atoms with E-state index in [4.69, 9.17) is 9.47 Å². The molecule has 0 fully saturated rings. The number of benzene rings is 1.